The highest BCUT2D eigenvalue weighted by Gasteiger charge is 2.07. The average Bonchev–Trinajstić information content (AvgIpc) is 3.08. The first-order valence-electron chi connectivity index (χ1n) is 9.24. The zero-order chi connectivity index (χ0) is 19.6. The van der Waals surface area contributed by atoms with E-state index in [0.717, 1.165) is 43.3 Å². The van der Waals surface area contributed by atoms with E-state index in [0.29, 0.717) is 12.1 Å². The summed E-state index contributed by atoms with van der Waals surface area (Å²) in [4.78, 5) is 22.0. The molecule has 0 aliphatic heterocycles. The van der Waals surface area contributed by atoms with E-state index in [1.807, 2.05) is 43.6 Å². The van der Waals surface area contributed by atoms with E-state index >= 15 is 0 Å². The molecule has 0 saturated carbocycles. The Morgan fingerprint density at radius 2 is 1.93 bits per heavy atom. The molecule has 0 radical (unpaired) electrons. The van der Waals surface area contributed by atoms with Crippen molar-refractivity contribution in [3.8, 4) is 0 Å². The van der Waals surface area contributed by atoms with Crippen molar-refractivity contribution in [3.63, 3.8) is 0 Å². The summed E-state index contributed by atoms with van der Waals surface area (Å²) < 4.78 is 2.16. The van der Waals surface area contributed by atoms with Crippen LogP contribution in [0.2, 0.25) is 0 Å². The third-order valence-corrected chi connectivity index (χ3v) is 4.33. The molecular weight excluding hydrogens is 340 g/mol. The van der Waals surface area contributed by atoms with Gasteiger partial charge in [-0.3, -0.25) is 9.79 Å². The Kier molecular flexibility index (Phi) is 7.85. The summed E-state index contributed by atoms with van der Waals surface area (Å²) in [7, 11) is 5.27. The minimum atomic E-state index is 0.0119. The number of aromatic nitrogens is 2. The first kappa shape index (κ1) is 20.5. The maximum Gasteiger partial charge on any atom is 0.253 e. The molecule has 2 N–H and O–H groups in total. The summed E-state index contributed by atoms with van der Waals surface area (Å²) in [6.07, 6.45) is 5.99. The molecule has 1 heterocycles. The molecule has 0 aliphatic rings. The second kappa shape index (κ2) is 10.4. The van der Waals surface area contributed by atoms with Crippen molar-refractivity contribution < 1.29 is 4.79 Å². The fraction of sp³-hybridized carbons (Fsp3) is 0.450. The fourth-order valence-corrected chi connectivity index (χ4v) is 2.68. The lowest BCUT2D eigenvalue weighted by atomic mass is 10.1. The molecule has 0 unspecified atom stereocenters. The van der Waals surface area contributed by atoms with E-state index in [1.54, 1.807) is 26.0 Å². The number of carbonyl (C=O) groups excluding carboxylic acids is 1. The van der Waals surface area contributed by atoms with Gasteiger partial charge in [-0.15, -0.1) is 0 Å². The minimum absolute atomic E-state index is 0.0119. The Hall–Kier alpha value is -2.83. The molecule has 7 nitrogen and oxygen atoms in total. The van der Waals surface area contributed by atoms with E-state index in [1.165, 1.54) is 0 Å². The van der Waals surface area contributed by atoms with Gasteiger partial charge in [0.25, 0.3) is 5.91 Å². The Balaban J connectivity index is 1.69. The number of benzene rings is 1. The van der Waals surface area contributed by atoms with Gasteiger partial charge in [-0.25, -0.2) is 4.98 Å². The number of aryl methyl sites for hydroxylation is 2. The zero-order valence-electron chi connectivity index (χ0n) is 16.7. The summed E-state index contributed by atoms with van der Waals surface area (Å²) >= 11 is 0. The van der Waals surface area contributed by atoms with Gasteiger partial charge in [0.15, 0.2) is 5.96 Å². The molecule has 0 aliphatic carbocycles. The summed E-state index contributed by atoms with van der Waals surface area (Å²) in [5, 5.41) is 6.63. The standard InChI is InChI=1S/C20H30N6O/c1-16-22-12-14-26(16)13-6-5-11-23-20(21-2)24-15-17-7-9-18(10-8-17)19(27)25(3)4/h7-10,12,14H,5-6,11,13,15H2,1-4H3,(H2,21,23,24). The van der Waals surface area contributed by atoms with E-state index in [9.17, 15) is 4.79 Å². The van der Waals surface area contributed by atoms with E-state index in [2.05, 4.69) is 25.2 Å². The summed E-state index contributed by atoms with van der Waals surface area (Å²) in [5.74, 6) is 1.85. The van der Waals surface area contributed by atoms with Crippen LogP contribution in [0.3, 0.4) is 0 Å². The molecule has 0 fully saturated rings. The Morgan fingerprint density at radius 1 is 1.19 bits per heavy atom. The van der Waals surface area contributed by atoms with Crippen LogP contribution in [0.5, 0.6) is 0 Å². The molecule has 0 atom stereocenters. The van der Waals surface area contributed by atoms with Crippen molar-refractivity contribution in [3.05, 3.63) is 53.6 Å². The fourth-order valence-electron chi connectivity index (χ4n) is 2.68. The van der Waals surface area contributed by atoms with Crippen molar-refractivity contribution in [2.75, 3.05) is 27.7 Å². The summed E-state index contributed by atoms with van der Waals surface area (Å²) in [5.41, 5.74) is 1.79. The third kappa shape index (κ3) is 6.44. The van der Waals surface area contributed by atoms with Gasteiger partial charge in [0.2, 0.25) is 0 Å². The Bertz CT molecular complexity index is 748. The lowest BCUT2D eigenvalue weighted by molar-refractivity contribution is 0.0827. The van der Waals surface area contributed by atoms with Gasteiger partial charge in [0.05, 0.1) is 0 Å². The average molecular weight is 371 g/mol. The second-order valence-electron chi connectivity index (χ2n) is 6.62. The quantitative estimate of drug-likeness (QED) is 0.424. The van der Waals surface area contributed by atoms with Gasteiger partial charge in [-0.1, -0.05) is 12.1 Å². The highest BCUT2D eigenvalue weighted by Crippen LogP contribution is 2.06. The van der Waals surface area contributed by atoms with Crippen molar-refractivity contribution in [2.24, 2.45) is 4.99 Å². The number of hydrogen-bond acceptors (Lipinski definition) is 3. The minimum Gasteiger partial charge on any atom is -0.356 e. The van der Waals surface area contributed by atoms with Crippen LogP contribution >= 0.6 is 0 Å². The second-order valence-corrected chi connectivity index (χ2v) is 6.62. The maximum atomic E-state index is 11.9. The molecule has 1 amide bonds. The molecule has 2 aromatic rings. The largest absolute Gasteiger partial charge is 0.356 e. The third-order valence-electron chi connectivity index (χ3n) is 4.33. The van der Waals surface area contributed by atoms with E-state index < -0.39 is 0 Å². The van der Waals surface area contributed by atoms with E-state index in [4.69, 9.17) is 0 Å². The number of amides is 1. The number of aliphatic imine (C=N–C) groups is 1. The number of hydrogen-bond donors (Lipinski definition) is 2. The molecular formula is C20H30N6O. The van der Waals surface area contributed by atoms with Crippen LogP contribution in [0, 0.1) is 6.92 Å². The number of imidazole rings is 1. The Labute approximate surface area is 161 Å². The van der Waals surface area contributed by atoms with Crippen LogP contribution in [0.4, 0.5) is 0 Å². The highest BCUT2D eigenvalue weighted by molar-refractivity contribution is 5.93. The van der Waals surface area contributed by atoms with Gasteiger partial charge in [0, 0.05) is 58.7 Å². The molecule has 27 heavy (non-hydrogen) atoms. The van der Waals surface area contributed by atoms with Gasteiger partial charge in [-0.05, 0) is 37.5 Å². The van der Waals surface area contributed by atoms with Crippen LogP contribution in [-0.4, -0.2) is 54.0 Å². The molecule has 146 valence electrons. The van der Waals surface area contributed by atoms with Crippen molar-refractivity contribution in [1.29, 1.82) is 0 Å². The zero-order valence-corrected chi connectivity index (χ0v) is 16.7. The number of rotatable bonds is 8. The first-order valence-corrected chi connectivity index (χ1v) is 9.24. The van der Waals surface area contributed by atoms with Crippen molar-refractivity contribution in [1.82, 2.24) is 25.1 Å². The number of nitrogens with one attached hydrogen (secondary N) is 2. The van der Waals surface area contributed by atoms with Crippen LogP contribution in [0.25, 0.3) is 0 Å². The molecule has 2 rings (SSSR count). The maximum absolute atomic E-state index is 11.9. The van der Waals surface area contributed by atoms with Crippen molar-refractivity contribution >= 4 is 11.9 Å². The smallest absolute Gasteiger partial charge is 0.253 e. The van der Waals surface area contributed by atoms with Crippen LogP contribution in [0.1, 0.15) is 34.6 Å². The van der Waals surface area contributed by atoms with E-state index in [-0.39, 0.29) is 5.91 Å². The van der Waals surface area contributed by atoms with Crippen LogP contribution in [-0.2, 0) is 13.1 Å². The van der Waals surface area contributed by atoms with Gasteiger partial charge < -0.3 is 20.1 Å². The molecule has 7 heteroatoms. The van der Waals surface area contributed by atoms with Crippen molar-refractivity contribution in [2.45, 2.75) is 32.9 Å². The monoisotopic (exact) mass is 370 g/mol. The van der Waals surface area contributed by atoms with Crippen LogP contribution < -0.4 is 10.6 Å². The highest BCUT2D eigenvalue weighted by atomic mass is 16.2. The first-order chi connectivity index (χ1) is 13.0. The summed E-state index contributed by atoms with van der Waals surface area (Å²) in [6, 6.07) is 7.64. The molecule has 0 bridgehead atoms. The number of carbonyl (C=O) groups is 1. The SMILES string of the molecule is CN=C(NCCCCn1ccnc1C)NCc1ccc(C(=O)N(C)C)cc1. The topological polar surface area (TPSA) is 74.5 Å². The predicted octanol–water partition coefficient (Wildman–Crippen LogP) is 2.04. The van der Waals surface area contributed by atoms with Crippen LogP contribution in [0.15, 0.2) is 41.7 Å². The predicted molar refractivity (Wildman–Crippen MR) is 109 cm³/mol. The number of nitrogens with zero attached hydrogens (tertiary/aromatic N) is 4. The summed E-state index contributed by atoms with van der Waals surface area (Å²) in [6.45, 7) is 4.53. The molecule has 0 spiro atoms. The number of unbranched alkanes of at least 4 members (excludes halogenated alkanes) is 1. The molecule has 1 aromatic heterocycles. The lowest BCUT2D eigenvalue weighted by Crippen LogP contribution is -2.37. The lowest BCUT2D eigenvalue weighted by Gasteiger charge is -2.13. The van der Waals surface area contributed by atoms with Gasteiger partial charge in [0.1, 0.15) is 5.82 Å². The Morgan fingerprint density at radius 3 is 2.52 bits per heavy atom. The molecule has 0 saturated heterocycles. The molecule has 1 aromatic carbocycles. The van der Waals surface area contributed by atoms with Gasteiger partial charge in [-0.2, -0.15) is 0 Å². The number of guanidine groups is 1. The van der Waals surface area contributed by atoms with Gasteiger partial charge >= 0.3 is 0 Å². The normalized spacial score (nSPS) is 11.3.